The first kappa shape index (κ1) is 10.4. The number of rotatable bonds is 3. The van der Waals surface area contributed by atoms with Crippen molar-refractivity contribution in [3.8, 4) is 0 Å². The van der Waals surface area contributed by atoms with E-state index in [-0.39, 0.29) is 0 Å². The van der Waals surface area contributed by atoms with E-state index in [1.807, 2.05) is 6.20 Å². The highest BCUT2D eigenvalue weighted by molar-refractivity contribution is 9.11. The molecule has 3 nitrogen and oxygen atoms in total. The minimum Gasteiger partial charge on any atom is -0.381 e. The third-order valence-electron chi connectivity index (χ3n) is 2.52. The van der Waals surface area contributed by atoms with Crippen molar-refractivity contribution in [1.29, 1.82) is 0 Å². The second kappa shape index (κ2) is 4.59. The largest absolute Gasteiger partial charge is 0.381 e. The van der Waals surface area contributed by atoms with Crippen LogP contribution in [0, 0.1) is 0 Å². The Bertz CT molecular complexity index is 305. The Morgan fingerprint density at radius 1 is 1.64 bits per heavy atom. The van der Waals surface area contributed by atoms with Crippen LogP contribution in [0.1, 0.15) is 19.3 Å². The molecule has 2 unspecified atom stereocenters. The maximum atomic E-state index is 5.32. The van der Waals surface area contributed by atoms with E-state index < -0.39 is 0 Å². The third-order valence-corrected chi connectivity index (χ3v) is 3.93. The second-order valence-electron chi connectivity index (χ2n) is 3.48. The van der Waals surface area contributed by atoms with Gasteiger partial charge in [0.1, 0.15) is 0 Å². The molecule has 5 heteroatoms. The molecule has 0 saturated heterocycles. The van der Waals surface area contributed by atoms with Crippen LogP contribution in [0.2, 0.25) is 0 Å². The van der Waals surface area contributed by atoms with Crippen LogP contribution >= 0.6 is 27.3 Å². The van der Waals surface area contributed by atoms with Gasteiger partial charge in [-0.2, -0.15) is 0 Å². The van der Waals surface area contributed by atoms with Crippen molar-refractivity contribution in [1.82, 2.24) is 4.98 Å². The molecule has 2 rings (SSSR count). The molecule has 0 amide bonds. The summed E-state index contributed by atoms with van der Waals surface area (Å²) in [5, 5.41) is 4.42. The molecule has 0 aromatic carbocycles. The Hall–Kier alpha value is -0.130. The Balaban J connectivity index is 1.87. The fourth-order valence-corrected chi connectivity index (χ4v) is 2.96. The van der Waals surface area contributed by atoms with Crippen LogP contribution in [0.4, 0.5) is 5.13 Å². The van der Waals surface area contributed by atoms with E-state index in [9.17, 15) is 0 Å². The average molecular weight is 277 g/mol. The molecular formula is C9H13BrN2OS. The highest BCUT2D eigenvalue weighted by atomic mass is 79.9. The average Bonchev–Trinajstić information content (AvgIpc) is 2.76. The van der Waals surface area contributed by atoms with Gasteiger partial charge in [-0.25, -0.2) is 4.98 Å². The lowest BCUT2D eigenvalue weighted by Crippen LogP contribution is -2.16. The first-order valence-electron chi connectivity index (χ1n) is 4.68. The fraction of sp³-hybridized carbons (Fsp3) is 0.667. The lowest BCUT2D eigenvalue weighted by molar-refractivity contribution is 0.108. The van der Waals surface area contributed by atoms with E-state index in [0.717, 1.165) is 21.8 Å². The van der Waals surface area contributed by atoms with Crippen molar-refractivity contribution in [2.75, 3.05) is 12.4 Å². The number of hydrogen-bond donors (Lipinski definition) is 1. The molecule has 0 aliphatic heterocycles. The second-order valence-corrected chi connectivity index (χ2v) is 5.89. The van der Waals surface area contributed by atoms with Gasteiger partial charge in [-0.3, -0.25) is 0 Å². The topological polar surface area (TPSA) is 34.1 Å². The molecule has 1 aromatic heterocycles. The maximum Gasteiger partial charge on any atom is 0.183 e. The molecule has 1 aliphatic carbocycles. The van der Waals surface area contributed by atoms with Gasteiger partial charge in [0.2, 0.25) is 0 Å². The molecule has 2 atom stereocenters. The number of nitrogens with zero attached hydrogens (tertiary/aromatic N) is 1. The lowest BCUT2D eigenvalue weighted by Gasteiger charge is -2.11. The van der Waals surface area contributed by atoms with Gasteiger partial charge in [-0.15, -0.1) is 0 Å². The number of anilines is 1. The van der Waals surface area contributed by atoms with Crippen LogP contribution in [0.15, 0.2) is 9.98 Å². The molecule has 14 heavy (non-hydrogen) atoms. The Morgan fingerprint density at radius 2 is 2.50 bits per heavy atom. The molecule has 1 aliphatic rings. The van der Waals surface area contributed by atoms with Crippen LogP contribution in [0.5, 0.6) is 0 Å². The van der Waals surface area contributed by atoms with E-state index >= 15 is 0 Å². The molecular weight excluding hydrogens is 264 g/mol. The molecule has 1 aromatic rings. The van der Waals surface area contributed by atoms with E-state index in [1.54, 1.807) is 18.4 Å². The number of thiazole rings is 1. The molecule has 1 saturated carbocycles. The Morgan fingerprint density at radius 3 is 3.07 bits per heavy atom. The summed E-state index contributed by atoms with van der Waals surface area (Å²) >= 11 is 5.04. The summed E-state index contributed by atoms with van der Waals surface area (Å²) in [5.41, 5.74) is 0. The number of nitrogens with one attached hydrogen (secondary N) is 1. The summed E-state index contributed by atoms with van der Waals surface area (Å²) < 4.78 is 6.39. The van der Waals surface area contributed by atoms with Crippen LogP contribution in [0.25, 0.3) is 0 Å². The van der Waals surface area contributed by atoms with Crippen LogP contribution in [-0.2, 0) is 4.74 Å². The molecule has 1 heterocycles. The molecule has 0 bridgehead atoms. The van der Waals surface area contributed by atoms with Crippen LogP contribution in [-0.4, -0.2) is 24.2 Å². The Labute approximate surface area is 96.0 Å². The summed E-state index contributed by atoms with van der Waals surface area (Å²) in [7, 11) is 1.78. The van der Waals surface area contributed by atoms with E-state index in [1.165, 1.54) is 6.42 Å². The lowest BCUT2D eigenvalue weighted by atomic mass is 10.2. The SMILES string of the molecule is COC1CCC(Nc2ncc(Br)s2)C1. The van der Waals surface area contributed by atoms with Crippen LogP contribution in [0.3, 0.4) is 0 Å². The summed E-state index contributed by atoms with van der Waals surface area (Å²) in [5.74, 6) is 0. The quantitative estimate of drug-likeness (QED) is 0.922. The van der Waals surface area contributed by atoms with Gasteiger partial charge in [-0.1, -0.05) is 11.3 Å². The predicted molar refractivity (Wildman–Crippen MR) is 61.9 cm³/mol. The zero-order chi connectivity index (χ0) is 9.97. The molecule has 0 radical (unpaired) electrons. The van der Waals surface area contributed by atoms with Crippen molar-refractivity contribution >= 4 is 32.4 Å². The summed E-state index contributed by atoms with van der Waals surface area (Å²) in [6.45, 7) is 0. The number of aromatic nitrogens is 1. The van der Waals surface area contributed by atoms with Crippen LogP contribution < -0.4 is 5.32 Å². The minimum absolute atomic E-state index is 0.427. The number of halogens is 1. The monoisotopic (exact) mass is 276 g/mol. The zero-order valence-corrected chi connectivity index (χ0v) is 10.4. The number of ether oxygens (including phenoxy) is 1. The maximum absolute atomic E-state index is 5.32. The summed E-state index contributed by atoms with van der Waals surface area (Å²) in [6, 6.07) is 0.526. The fourth-order valence-electron chi connectivity index (χ4n) is 1.78. The van der Waals surface area contributed by atoms with Crippen molar-refractivity contribution < 1.29 is 4.74 Å². The molecule has 0 spiro atoms. The highest BCUT2D eigenvalue weighted by Gasteiger charge is 2.24. The molecule has 78 valence electrons. The number of methoxy groups -OCH3 is 1. The van der Waals surface area contributed by atoms with Crippen molar-refractivity contribution in [3.05, 3.63) is 9.98 Å². The van der Waals surface area contributed by atoms with Gasteiger partial charge in [0.25, 0.3) is 0 Å². The van der Waals surface area contributed by atoms with E-state index in [0.29, 0.717) is 12.1 Å². The normalized spacial score (nSPS) is 26.7. The first-order valence-corrected chi connectivity index (χ1v) is 6.29. The minimum atomic E-state index is 0.427. The number of hydrogen-bond acceptors (Lipinski definition) is 4. The van der Waals surface area contributed by atoms with Gasteiger partial charge in [0.15, 0.2) is 5.13 Å². The van der Waals surface area contributed by atoms with Crippen molar-refractivity contribution in [3.63, 3.8) is 0 Å². The van der Waals surface area contributed by atoms with E-state index in [4.69, 9.17) is 4.74 Å². The predicted octanol–water partition coefficient (Wildman–Crippen LogP) is 2.89. The third kappa shape index (κ3) is 2.46. The van der Waals surface area contributed by atoms with Gasteiger partial charge < -0.3 is 10.1 Å². The van der Waals surface area contributed by atoms with Gasteiger partial charge in [0.05, 0.1) is 16.1 Å². The standard InChI is InChI=1S/C9H13BrN2OS/c1-13-7-3-2-6(4-7)12-9-11-5-8(10)14-9/h5-7H,2-4H2,1H3,(H,11,12). The van der Waals surface area contributed by atoms with Gasteiger partial charge in [0, 0.05) is 13.2 Å². The smallest absolute Gasteiger partial charge is 0.183 e. The van der Waals surface area contributed by atoms with Crippen molar-refractivity contribution in [2.45, 2.75) is 31.4 Å². The first-order chi connectivity index (χ1) is 6.78. The van der Waals surface area contributed by atoms with Gasteiger partial charge in [-0.05, 0) is 35.2 Å². The van der Waals surface area contributed by atoms with Gasteiger partial charge >= 0.3 is 0 Å². The van der Waals surface area contributed by atoms with Crippen molar-refractivity contribution in [2.24, 2.45) is 0 Å². The van der Waals surface area contributed by atoms with E-state index in [2.05, 4.69) is 26.2 Å². The highest BCUT2D eigenvalue weighted by Crippen LogP contribution is 2.28. The molecule has 1 fully saturated rings. The molecule has 1 N–H and O–H groups in total. The summed E-state index contributed by atoms with van der Waals surface area (Å²) in [6.07, 6.45) is 5.68. The summed E-state index contributed by atoms with van der Waals surface area (Å²) in [4.78, 5) is 4.25. The zero-order valence-electron chi connectivity index (χ0n) is 8.00. The Kier molecular flexibility index (Phi) is 3.41.